The van der Waals surface area contributed by atoms with Gasteiger partial charge < -0.3 is 10.4 Å². The van der Waals surface area contributed by atoms with Gasteiger partial charge in [0.15, 0.2) is 0 Å². The van der Waals surface area contributed by atoms with E-state index in [1.165, 1.54) is 6.33 Å². The first-order valence-corrected chi connectivity index (χ1v) is 6.03. The van der Waals surface area contributed by atoms with Crippen LogP contribution in [0.5, 0.6) is 0 Å². The summed E-state index contributed by atoms with van der Waals surface area (Å²) < 4.78 is 1.64. The number of nitrogens with one attached hydrogen (secondary N) is 1. The third-order valence-corrected chi connectivity index (χ3v) is 2.44. The maximum atomic E-state index is 11.4. The smallest absolute Gasteiger partial charge is 0.221 e. The Bertz CT molecular complexity index is 300. The Labute approximate surface area is 101 Å². The lowest BCUT2D eigenvalue weighted by Crippen LogP contribution is -2.25. The zero-order chi connectivity index (χ0) is 12.3. The number of aliphatic hydroxyl groups is 1. The summed E-state index contributed by atoms with van der Waals surface area (Å²) in [6.07, 6.45) is 7.37. The highest BCUT2D eigenvalue weighted by atomic mass is 16.2. The largest absolute Gasteiger partial charge is 0.396 e. The Morgan fingerprint density at radius 2 is 2.12 bits per heavy atom. The van der Waals surface area contributed by atoms with Gasteiger partial charge in [-0.05, 0) is 12.8 Å². The van der Waals surface area contributed by atoms with E-state index in [1.54, 1.807) is 11.0 Å². The van der Waals surface area contributed by atoms with Gasteiger partial charge in [0, 0.05) is 19.6 Å². The highest BCUT2D eigenvalue weighted by Crippen LogP contribution is 1.97. The zero-order valence-corrected chi connectivity index (χ0v) is 10.0. The first kappa shape index (κ1) is 13.6. The second kappa shape index (κ2) is 8.69. The van der Waals surface area contributed by atoms with E-state index in [4.69, 9.17) is 5.11 Å². The van der Waals surface area contributed by atoms with Gasteiger partial charge in [-0.1, -0.05) is 12.8 Å². The van der Waals surface area contributed by atoms with E-state index < -0.39 is 0 Å². The summed E-state index contributed by atoms with van der Waals surface area (Å²) in [4.78, 5) is 15.2. The third kappa shape index (κ3) is 6.68. The number of aromatic nitrogens is 3. The molecule has 0 aliphatic rings. The van der Waals surface area contributed by atoms with Crippen LogP contribution in [0.25, 0.3) is 0 Å². The second-order valence-electron chi connectivity index (χ2n) is 3.90. The van der Waals surface area contributed by atoms with Crippen LogP contribution >= 0.6 is 0 Å². The number of rotatable bonds is 9. The molecule has 1 amide bonds. The fraction of sp³-hybridized carbons (Fsp3) is 0.727. The number of carbonyl (C=O) groups excluding carboxylic acids is 1. The van der Waals surface area contributed by atoms with E-state index in [0.29, 0.717) is 19.5 Å². The predicted octanol–water partition coefficient (Wildman–Crippen LogP) is 0.337. The van der Waals surface area contributed by atoms with Crippen LogP contribution in [-0.4, -0.2) is 38.9 Å². The van der Waals surface area contributed by atoms with E-state index in [9.17, 15) is 4.79 Å². The molecule has 0 radical (unpaired) electrons. The highest BCUT2D eigenvalue weighted by Gasteiger charge is 2.01. The summed E-state index contributed by atoms with van der Waals surface area (Å²) in [6.45, 7) is 1.53. The molecule has 0 saturated heterocycles. The molecule has 6 heteroatoms. The van der Waals surface area contributed by atoms with Gasteiger partial charge >= 0.3 is 0 Å². The predicted molar refractivity (Wildman–Crippen MR) is 63.2 cm³/mol. The molecule has 2 N–H and O–H groups in total. The van der Waals surface area contributed by atoms with Crippen molar-refractivity contribution in [2.45, 2.75) is 38.6 Å². The van der Waals surface area contributed by atoms with E-state index in [-0.39, 0.29) is 12.5 Å². The minimum Gasteiger partial charge on any atom is -0.396 e. The Morgan fingerprint density at radius 3 is 2.82 bits per heavy atom. The van der Waals surface area contributed by atoms with Crippen LogP contribution in [0, 0.1) is 0 Å². The molecule has 0 atom stereocenters. The normalized spacial score (nSPS) is 10.4. The molecule has 0 saturated carbocycles. The first-order valence-electron chi connectivity index (χ1n) is 6.03. The van der Waals surface area contributed by atoms with Gasteiger partial charge in [-0.2, -0.15) is 5.10 Å². The molecule has 0 aromatic carbocycles. The van der Waals surface area contributed by atoms with Crippen molar-refractivity contribution in [3.63, 3.8) is 0 Å². The molecule has 0 fully saturated rings. The lowest BCUT2D eigenvalue weighted by atomic mass is 10.2. The summed E-state index contributed by atoms with van der Waals surface area (Å²) >= 11 is 0. The topological polar surface area (TPSA) is 80.0 Å². The molecule has 0 spiro atoms. The summed E-state index contributed by atoms with van der Waals surface area (Å²) in [6, 6.07) is 0. The minimum atomic E-state index is 0.0441. The van der Waals surface area contributed by atoms with Gasteiger partial charge in [-0.25, -0.2) is 4.98 Å². The molecular formula is C11H20N4O2. The van der Waals surface area contributed by atoms with Crippen LogP contribution in [0.4, 0.5) is 0 Å². The first-order chi connectivity index (χ1) is 8.33. The number of carbonyl (C=O) groups is 1. The molecule has 17 heavy (non-hydrogen) atoms. The quantitative estimate of drug-likeness (QED) is 0.610. The molecule has 1 heterocycles. The number of hydrogen-bond acceptors (Lipinski definition) is 4. The van der Waals surface area contributed by atoms with Gasteiger partial charge in [0.2, 0.25) is 5.91 Å². The lowest BCUT2D eigenvalue weighted by Gasteiger charge is -2.04. The second-order valence-corrected chi connectivity index (χ2v) is 3.90. The van der Waals surface area contributed by atoms with Crippen LogP contribution in [0.1, 0.15) is 32.1 Å². The highest BCUT2D eigenvalue weighted by molar-refractivity contribution is 5.75. The summed E-state index contributed by atoms with van der Waals surface area (Å²) in [5.41, 5.74) is 0. The summed E-state index contributed by atoms with van der Waals surface area (Å²) in [5, 5.41) is 15.4. The average Bonchev–Trinajstić information content (AvgIpc) is 2.84. The summed E-state index contributed by atoms with van der Waals surface area (Å²) in [7, 11) is 0. The fourth-order valence-electron chi connectivity index (χ4n) is 1.47. The Kier molecular flexibility index (Phi) is 6.97. The Balaban J connectivity index is 1.94. The van der Waals surface area contributed by atoms with Crippen molar-refractivity contribution in [2.75, 3.05) is 13.2 Å². The van der Waals surface area contributed by atoms with Gasteiger partial charge in [-0.3, -0.25) is 9.48 Å². The van der Waals surface area contributed by atoms with Gasteiger partial charge in [0.25, 0.3) is 0 Å². The van der Waals surface area contributed by atoms with Crippen molar-refractivity contribution in [2.24, 2.45) is 0 Å². The molecule has 0 aliphatic carbocycles. The van der Waals surface area contributed by atoms with Crippen molar-refractivity contribution in [3.8, 4) is 0 Å². The Morgan fingerprint density at radius 1 is 1.29 bits per heavy atom. The van der Waals surface area contributed by atoms with Crippen molar-refractivity contribution >= 4 is 5.91 Å². The number of hydrogen-bond donors (Lipinski definition) is 2. The third-order valence-electron chi connectivity index (χ3n) is 2.44. The molecule has 96 valence electrons. The van der Waals surface area contributed by atoms with Crippen LogP contribution in [0.3, 0.4) is 0 Å². The molecule has 0 bridgehead atoms. The monoisotopic (exact) mass is 240 g/mol. The molecule has 6 nitrogen and oxygen atoms in total. The van der Waals surface area contributed by atoms with Gasteiger partial charge in [-0.15, -0.1) is 0 Å². The van der Waals surface area contributed by atoms with E-state index >= 15 is 0 Å². The van der Waals surface area contributed by atoms with Crippen LogP contribution < -0.4 is 5.32 Å². The molecule has 1 aromatic rings. The van der Waals surface area contributed by atoms with Crippen molar-refractivity contribution in [1.82, 2.24) is 20.1 Å². The molecular weight excluding hydrogens is 220 g/mol. The minimum absolute atomic E-state index is 0.0441. The van der Waals surface area contributed by atoms with E-state index in [2.05, 4.69) is 15.4 Å². The number of amides is 1. The van der Waals surface area contributed by atoms with Crippen molar-refractivity contribution in [3.05, 3.63) is 12.7 Å². The van der Waals surface area contributed by atoms with Crippen molar-refractivity contribution < 1.29 is 9.90 Å². The fourth-order valence-corrected chi connectivity index (χ4v) is 1.47. The molecule has 1 rings (SSSR count). The van der Waals surface area contributed by atoms with Crippen molar-refractivity contribution in [1.29, 1.82) is 0 Å². The maximum absolute atomic E-state index is 11.4. The van der Waals surface area contributed by atoms with Gasteiger partial charge in [0.05, 0.1) is 6.54 Å². The van der Waals surface area contributed by atoms with Crippen LogP contribution in [0.15, 0.2) is 12.7 Å². The zero-order valence-electron chi connectivity index (χ0n) is 10.0. The number of unbranched alkanes of at least 4 members (excludes halogenated alkanes) is 3. The number of aryl methyl sites for hydroxylation is 1. The lowest BCUT2D eigenvalue weighted by molar-refractivity contribution is -0.121. The summed E-state index contributed by atoms with van der Waals surface area (Å²) in [5.74, 6) is 0.0441. The number of nitrogens with zero attached hydrogens (tertiary/aromatic N) is 3. The average molecular weight is 240 g/mol. The van der Waals surface area contributed by atoms with E-state index in [1.807, 2.05) is 0 Å². The Hall–Kier alpha value is -1.43. The number of aliphatic hydroxyl groups excluding tert-OH is 1. The van der Waals surface area contributed by atoms with Crippen LogP contribution in [0.2, 0.25) is 0 Å². The standard InChI is InChI=1S/C11H20N4O2/c16-8-4-2-1-3-6-13-11(17)5-7-15-10-12-9-14-15/h9-10,16H,1-8H2,(H,13,17). The molecule has 0 aliphatic heterocycles. The maximum Gasteiger partial charge on any atom is 0.221 e. The SMILES string of the molecule is O=C(CCn1cncn1)NCCCCCCO. The van der Waals surface area contributed by atoms with Crippen LogP contribution in [-0.2, 0) is 11.3 Å². The molecule has 1 aromatic heterocycles. The van der Waals surface area contributed by atoms with E-state index in [0.717, 1.165) is 25.7 Å². The molecule has 0 unspecified atom stereocenters. The van der Waals surface area contributed by atoms with Gasteiger partial charge in [0.1, 0.15) is 12.7 Å².